The molecule has 100 valence electrons. The fourth-order valence-corrected chi connectivity index (χ4v) is 2.71. The summed E-state index contributed by atoms with van der Waals surface area (Å²) >= 11 is 6.30. The van der Waals surface area contributed by atoms with E-state index in [0.717, 1.165) is 37.6 Å². The molecule has 1 aromatic carbocycles. The standard InChI is InChI=1S/C14H21ClN2O/c1-2-16-8-12-13(15)4-3-5-14(12)17-7-6-11(9-17)10-18/h3-5,11,16,18H,2,6-10H2,1H3. The van der Waals surface area contributed by atoms with Gasteiger partial charge in [-0.25, -0.2) is 0 Å². The van der Waals surface area contributed by atoms with E-state index in [-0.39, 0.29) is 6.61 Å². The van der Waals surface area contributed by atoms with Gasteiger partial charge in [0.25, 0.3) is 0 Å². The lowest BCUT2D eigenvalue weighted by Gasteiger charge is -2.23. The molecule has 0 spiro atoms. The molecular weight excluding hydrogens is 248 g/mol. The number of halogens is 1. The van der Waals surface area contributed by atoms with Gasteiger partial charge in [-0.15, -0.1) is 0 Å². The Kier molecular flexibility index (Phi) is 4.87. The van der Waals surface area contributed by atoms with Gasteiger partial charge < -0.3 is 15.3 Å². The molecule has 1 aromatic rings. The molecule has 1 unspecified atom stereocenters. The minimum absolute atomic E-state index is 0.277. The lowest BCUT2D eigenvalue weighted by atomic mass is 10.1. The van der Waals surface area contributed by atoms with Crippen LogP contribution in [0.1, 0.15) is 18.9 Å². The van der Waals surface area contributed by atoms with Gasteiger partial charge in [0, 0.05) is 48.4 Å². The van der Waals surface area contributed by atoms with E-state index in [4.69, 9.17) is 11.6 Å². The Morgan fingerprint density at radius 3 is 3.00 bits per heavy atom. The third kappa shape index (κ3) is 2.97. The lowest BCUT2D eigenvalue weighted by molar-refractivity contribution is 0.238. The van der Waals surface area contributed by atoms with E-state index in [1.54, 1.807) is 0 Å². The minimum atomic E-state index is 0.277. The van der Waals surface area contributed by atoms with Gasteiger partial charge in [-0.2, -0.15) is 0 Å². The second kappa shape index (κ2) is 6.41. The Morgan fingerprint density at radius 1 is 1.50 bits per heavy atom. The molecule has 4 heteroatoms. The van der Waals surface area contributed by atoms with Crippen LogP contribution in [0.15, 0.2) is 18.2 Å². The molecule has 1 aliphatic rings. The zero-order chi connectivity index (χ0) is 13.0. The molecule has 1 aliphatic heterocycles. The number of aliphatic hydroxyl groups is 1. The van der Waals surface area contributed by atoms with Crippen LogP contribution in [-0.4, -0.2) is 31.3 Å². The van der Waals surface area contributed by atoms with Gasteiger partial charge in [0.05, 0.1) is 0 Å². The van der Waals surface area contributed by atoms with Crippen LogP contribution in [0.5, 0.6) is 0 Å². The molecule has 0 saturated carbocycles. The topological polar surface area (TPSA) is 35.5 Å². The Labute approximate surface area is 114 Å². The van der Waals surface area contributed by atoms with Crippen LogP contribution in [-0.2, 0) is 6.54 Å². The van der Waals surface area contributed by atoms with Crippen molar-refractivity contribution in [2.24, 2.45) is 5.92 Å². The van der Waals surface area contributed by atoms with Crippen molar-refractivity contribution in [3.63, 3.8) is 0 Å². The first-order valence-corrected chi connectivity index (χ1v) is 6.98. The van der Waals surface area contributed by atoms with Gasteiger partial charge in [-0.1, -0.05) is 24.6 Å². The third-order valence-electron chi connectivity index (χ3n) is 3.53. The summed E-state index contributed by atoms with van der Waals surface area (Å²) in [5.74, 6) is 0.399. The molecule has 0 aromatic heterocycles. The summed E-state index contributed by atoms with van der Waals surface area (Å²) in [6.07, 6.45) is 1.06. The summed E-state index contributed by atoms with van der Waals surface area (Å²) in [7, 11) is 0. The highest BCUT2D eigenvalue weighted by molar-refractivity contribution is 6.31. The van der Waals surface area contributed by atoms with Crippen molar-refractivity contribution < 1.29 is 5.11 Å². The third-order valence-corrected chi connectivity index (χ3v) is 3.88. The molecule has 0 radical (unpaired) electrons. The van der Waals surface area contributed by atoms with Crippen LogP contribution < -0.4 is 10.2 Å². The van der Waals surface area contributed by atoms with E-state index < -0.39 is 0 Å². The van der Waals surface area contributed by atoms with E-state index >= 15 is 0 Å². The highest BCUT2D eigenvalue weighted by atomic mass is 35.5. The van der Waals surface area contributed by atoms with Crippen molar-refractivity contribution in [2.75, 3.05) is 31.1 Å². The molecule has 1 fully saturated rings. The van der Waals surface area contributed by atoms with E-state index in [0.29, 0.717) is 5.92 Å². The summed E-state index contributed by atoms with van der Waals surface area (Å²) in [5.41, 5.74) is 2.37. The monoisotopic (exact) mass is 268 g/mol. The number of rotatable bonds is 5. The number of hydrogen-bond acceptors (Lipinski definition) is 3. The molecule has 0 amide bonds. The highest BCUT2D eigenvalue weighted by Crippen LogP contribution is 2.31. The number of hydrogen-bond donors (Lipinski definition) is 2. The van der Waals surface area contributed by atoms with Crippen molar-refractivity contribution in [3.05, 3.63) is 28.8 Å². The van der Waals surface area contributed by atoms with Gasteiger partial charge in [0.1, 0.15) is 0 Å². The van der Waals surface area contributed by atoms with Gasteiger partial charge in [0.2, 0.25) is 0 Å². The van der Waals surface area contributed by atoms with Crippen LogP contribution in [0, 0.1) is 5.92 Å². The van der Waals surface area contributed by atoms with Crippen LogP contribution in [0.4, 0.5) is 5.69 Å². The fourth-order valence-electron chi connectivity index (χ4n) is 2.47. The van der Waals surface area contributed by atoms with Crippen molar-refractivity contribution in [3.8, 4) is 0 Å². The second-order valence-electron chi connectivity index (χ2n) is 4.80. The summed E-state index contributed by atoms with van der Waals surface area (Å²) in [6.45, 7) is 6.03. The van der Waals surface area contributed by atoms with Crippen LogP contribution in [0.25, 0.3) is 0 Å². The summed E-state index contributed by atoms with van der Waals surface area (Å²) in [5, 5.41) is 13.4. The zero-order valence-corrected chi connectivity index (χ0v) is 11.6. The number of nitrogens with one attached hydrogen (secondary N) is 1. The van der Waals surface area contributed by atoms with E-state index in [9.17, 15) is 5.11 Å². The maximum Gasteiger partial charge on any atom is 0.0476 e. The molecule has 1 heterocycles. The van der Waals surface area contributed by atoms with E-state index in [1.165, 1.54) is 11.3 Å². The first-order chi connectivity index (χ1) is 8.76. The fraction of sp³-hybridized carbons (Fsp3) is 0.571. The Bertz CT molecular complexity index is 397. The second-order valence-corrected chi connectivity index (χ2v) is 5.21. The van der Waals surface area contributed by atoms with Crippen molar-refractivity contribution in [2.45, 2.75) is 19.9 Å². The molecule has 1 saturated heterocycles. The molecule has 2 rings (SSSR count). The minimum Gasteiger partial charge on any atom is -0.396 e. The lowest BCUT2D eigenvalue weighted by Crippen LogP contribution is -2.23. The number of nitrogens with zero attached hydrogens (tertiary/aromatic N) is 1. The average molecular weight is 269 g/mol. The van der Waals surface area contributed by atoms with Crippen LogP contribution in [0.2, 0.25) is 5.02 Å². The van der Waals surface area contributed by atoms with E-state index in [2.05, 4.69) is 23.2 Å². The summed E-state index contributed by atoms with van der Waals surface area (Å²) in [4.78, 5) is 2.33. The highest BCUT2D eigenvalue weighted by Gasteiger charge is 2.24. The van der Waals surface area contributed by atoms with Crippen molar-refractivity contribution in [1.82, 2.24) is 5.32 Å². The predicted octanol–water partition coefficient (Wildman–Crippen LogP) is 2.27. The molecule has 3 nitrogen and oxygen atoms in total. The maximum atomic E-state index is 9.23. The molecule has 2 N–H and O–H groups in total. The maximum absolute atomic E-state index is 9.23. The smallest absolute Gasteiger partial charge is 0.0476 e. The van der Waals surface area contributed by atoms with Gasteiger partial charge >= 0.3 is 0 Å². The molecule has 1 atom stereocenters. The molecule has 18 heavy (non-hydrogen) atoms. The molecular formula is C14H21ClN2O. The molecule has 0 aliphatic carbocycles. The summed E-state index contributed by atoms with van der Waals surface area (Å²) < 4.78 is 0. The van der Waals surface area contributed by atoms with Crippen molar-refractivity contribution >= 4 is 17.3 Å². The normalized spacial score (nSPS) is 19.5. The average Bonchev–Trinajstić information content (AvgIpc) is 2.85. The molecule has 0 bridgehead atoms. The van der Waals surface area contributed by atoms with Crippen LogP contribution in [0.3, 0.4) is 0 Å². The van der Waals surface area contributed by atoms with Gasteiger partial charge in [-0.3, -0.25) is 0 Å². The number of benzene rings is 1. The quantitative estimate of drug-likeness (QED) is 0.860. The van der Waals surface area contributed by atoms with Crippen molar-refractivity contribution in [1.29, 1.82) is 0 Å². The number of aliphatic hydroxyl groups excluding tert-OH is 1. The van der Waals surface area contributed by atoms with E-state index in [1.807, 2.05) is 12.1 Å². The van der Waals surface area contributed by atoms with Gasteiger partial charge in [-0.05, 0) is 25.1 Å². The largest absolute Gasteiger partial charge is 0.396 e. The Balaban J connectivity index is 2.19. The zero-order valence-electron chi connectivity index (χ0n) is 10.8. The number of anilines is 1. The summed E-state index contributed by atoms with van der Waals surface area (Å²) in [6, 6.07) is 6.06. The Hall–Kier alpha value is -0.770. The first-order valence-electron chi connectivity index (χ1n) is 6.60. The predicted molar refractivity (Wildman–Crippen MR) is 76.2 cm³/mol. The first kappa shape index (κ1) is 13.7. The van der Waals surface area contributed by atoms with Gasteiger partial charge in [0.15, 0.2) is 0 Å². The Morgan fingerprint density at radius 2 is 2.33 bits per heavy atom. The van der Waals surface area contributed by atoms with Crippen LogP contribution >= 0.6 is 11.6 Å². The SMILES string of the molecule is CCNCc1c(Cl)cccc1N1CCC(CO)C1.